The maximum absolute atomic E-state index is 10.9. The molecular weight excluding hydrogens is 308 g/mol. The molecule has 0 saturated heterocycles. The lowest BCUT2D eigenvalue weighted by molar-refractivity contribution is -0.135. The van der Waals surface area contributed by atoms with Crippen molar-refractivity contribution in [3.05, 3.63) is 35.7 Å². The van der Waals surface area contributed by atoms with Gasteiger partial charge in [-0.25, -0.2) is 4.99 Å². The number of nitrogens with one attached hydrogen (secondary N) is 1. The van der Waals surface area contributed by atoms with E-state index in [-0.39, 0.29) is 12.0 Å². The number of carboxylic acid groups (broad SMARTS) is 1. The standard InChI is InChI=1S/C18H24N2O4/c1-18(2)9-14(19-11-16(21)22)17(24-4)15(10-18)20-12-5-7-13(23-3)8-6-12/h5-8,19H,9-11H2,1-4H3,(H,21,22)/b20-15+. The molecule has 2 N–H and O–H groups in total. The smallest absolute Gasteiger partial charge is 0.322 e. The van der Waals surface area contributed by atoms with Crippen LogP contribution in [0, 0.1) is 5.41 Å². The number of carbonyl (C=O) groups is 1. The van der Waals surface area contributed by atoms with E-state index in [2.05, 4.69) is 19.2 Å². The summed E-state index contributed by atoms with van der Waals surface area (Å²) in [5, 5.41) is 11.9. The first kappa shape index (κ1) is 17.8. The van der Waals surface area contributed by atoms with Crippen molar-refractivity contribution in [1.29, 1.82) is 0 Å². The van der Waals surface area contributed by atoms with Crippen LogP contribution in [0.1, 0.15) is 26.7 Å². The van der Waals surface area contributed by atoms with Crippen LogP contribution in [0.25, 0.3) is 0 Å². The Labute approximate surface area is 142 Å². The first-order chi connectivity index (χ1) is 11.3. The average Bonchev–Trinajstić information content (AvgIpc) is 2.52. The van der Waals surface area contributed by atoms with E-state index in [0.29, 0.717) is 12.2 Å². The summed E-state index contributed by atoms with van der Waals surface area (Å²) in [5.74, 6) is 0.496. The largest absolute Gasteiger partial charge is 0.497 e. The van der Waals surface area contributed by atoms with E-state index in [1.54, 1.807) is 14.2 Å². The zero-order chi connectivity index (χ0) is 17.7. The molecule has 0 spiro atoms. The summed E-state index contributed by atoms with van der Waals surface area (Å²) in [7, 11) is 3.20. The van der Waals surface area contributed by atoms with Gasteiger partial charge in [-0.15, -0.1) is 0 Å². The maximum atomic E-state index is 10.9. The van der Waals surface area contributed by atoms with Crippen molar-refractivity contribution in [3.63, 3.8) is 0 Å². The van der Waals surface area contributed by atoms with E-state index in [9.17, 15) is 4.79 Å². The van der Waals surface area contributed by atoms with Crippen LogP contribution in [0.2, 0.25) is 0 Å². The summed E-state index contributed by atoms with van der Waals surface area (Å²) < 4.78 is 10.7. The molecule has 0 heterocycles. The molecule has 0 saturated carbocycles. The number of aliphatic carboxylic acids is 1. The van der Waals surface area contributed by atoms with E-state index < -0.39 is 5.97 Å². The van der Waals surface area contributed by atoms with E-state index >= 15 is 0 Å². The van der Waals surface area contributed by atoms with Crippen molar-refractivity contribution in [1.82, 2.24) is 5.32 Å². The highest BCUT2D eigenvalue weighted by Crippen LogP contribution is 2.37. The number of aliphatic imine (C=N–C) groups is 1. The number of carboxylic acids is 1. The molecule has 0 atom stereocenters. The third kappa shape index (κ3) is 4.50. The van der Waals surface area contributed by atoms with Crippen LogP contribution in [0.5, 0.6) is 5.75 Å². The highest BCUT2D eigenvalue weighted by atomic mass is 16.5. The van der Waals surface area contributed by atoms with Gasteiger partial charge >= 0.3 is 5.97 Å². The molecule has 1 aliphatic carbocycles. The van der Waals surface area contributed by atoms with Gasteiger partial charge in [-0.1, -0.05) is 13.8 Å². The molecule has 0 unspecified atom stereocenters. The van der Waals surface area contributed by atoms with Gasteiger partial charge in [0.15, 0.2) is 5.76 Å². The van der Waals surface area contributed by atoms with Crippen molar-refractivity contribution in [2.24, 2.45) is 10.4 Å². The number of hydrogen-bond acceptors (Lipinski definition) is 5. The molecule has 2 rings (SSSR count). The third-order valence-electron chi connectivity index (χ3n) is 3.83. The summed E-state index contributed by atoms with van der Waals surface area (Å²) in [6, 6.07) is 7.47. The van der Waals surface area contributed by atoms with Gasteiger partial charge in [-0.05, 0) is 42.5 Å². The van der Waals surface area contributed by atoms with Crippen LogP contribution in [0.15, 0.2) is 40.7 Å². The molecule has 1 aliphatic rings. The topological polar surface area (TPSA) is 80.2 Å². The van der Waals surface area contributed by atoms with Crippen LogP contribution in [0.4, 0.5) is 5.69 Å². The lowest BCUT2D eigenvalue weighted by Gasteiger charge is -2.33. The predicted molar refractivity (Wildman–Crippen MR) is 92.8 cm³/mol. The zero-order valence-corrected chi connectivity index (χ0v) is 14.5. The van der Waals surface area contributed by atoms with E-state index in [1.807, 2.05) is 24.3 Å². The molecule has 1 aromatic rings. The van der Waals surface area contributed by atoms with Crippen molar-refractivity contribution < 1.29 is 19.4 Å². The number of nitrogens with zero attached hydrogens (tertiary/aromatic N) is 1. The Hall–Kier alpha value is -2.50. The van der Waals surface area contributed by atoms with Gasteiger partial charge in [0.25, 0.3) is 0 Å². The summed E-state index contributed by atoms with van der Waals surface area (Å²) in [5.41, 5.74) is 2.36. The van der Waals surface area contributed by atoms with Crippen molar-refractivity contribution in [3.8, 4) is 5.75 Å². The van der Waals surface area contributed by atoms with Crippen LogP contribution < -0.4 is 10.1 Å². The lowest BCUT2D eigenvalue weighted by Crippen LogP contribution is -2.34. The van der Waals surface area contributed by atoms with Gasteiger partial charge in [0.1, 0.15) is 12.3 Å². The molecule has 0 aromatic heterocycles. The van der Waals surface area contributed by atoms with E-state index in [4.69, 9.17) is 19.6 Å². The minimum atomic E-state index is -0.907. The van der Waals surface area contributed by atoms with Gasteiger partial charge in [-0.3, -0.25) is 4.79 Å². The molecule has 0 aliphatic heterocycles. The van der Waals surface area contributed by atoms with Crippen LogP contribution in [0.3, 0.4) is 0 Å². The van der Waals surface area contributed by atoms with Gasteiger partial charge in [0.05, 0.1) is 31.3 Å². The predicted octanol–water partition coefficient (Wildman–Crippen LogP) is 3.12. The minimum absolute atomic E-state index is 0.0336. The second kappa shape index (κ2) is 7.38. The van der Waals surface area contributed by atoms with Crippen molar-refractivity contribution in [2.75, 3.05) is 20.8 Å². The summed E-state index contributed by atoms with van der Waals surface area (Å²) in [6.07, 6.45) is 1.46. The molecular formula is C18H24N2O4. The Kier molecular flexibility index (Phi) is 5.49. The van der Waals surface area contributed by atoms with Crippen LogP contribution in [-0.2, 0) is 9.53 Å². The average molecular weight is 332 g/mol. The van der Waals surface area contributed by atoms with E-state index in [1.165, 1.54) is 0 Å². The Morgan fingerprint density at radius 3 is 2.42 bits per heavy atom. The fourth-order valence-corrected chi connectivity index (χ4v) is 2.80. The van der Waals surface area contributed by atoms with Gasteiger partial charge < -0.3 is 19.9 Å². The molecule has 0 bridgehead atoms. The normalized spacial score (nSPS) is 18.4. The Morgan fingerprint density at radius 1 is 1.21 bits per heavy atom. The molecule has 24 heavy (non-hydrogen) atoms. The monoisotopic (exact) mass is 332 g/mol. The minimum Gasteiger partial charge on any atom is -0.497 e. The van der Waals surface area contributed by atoms with Gasteiger partial charge in [-0.2, -0.15) is 0 Å². The second-order valence-corrected chi connectivity index (χ2v) is 6.53. The molecule has 6 nitrogen and oxygen atoms in total. The third-order valence-corrected chi connectivity index (χ3v) is 3.83. The van der Waals surface area contributed by atoms with E-state index in [0.717, 1.165) is 29.3 Å². The molecule has 1 aromatic carbocycles. The molecule has 0 amide bonds. The second-order valence-electron chi connectivity index (χ2n) is 6.53. The van der Waals surface area contributed by atoms with Crippen LogP contribution >= 0.6 is 0 Å². The Bertz CT molecular complexity index is 660. The quantitative estimate of drug-likeness (QED) is 0.836. The van der Waals surface area contributed by atoms with Gasteiger partial charge in [0.2, 0.25) is 0 Å². The highest BCUT2D eigenvalue weighted by molar-refractivity contribution is 6.01. The molecule has 0 radical (unpaired) electrons. The summed E-state index contributed by atoms with van der Waals surface area (Å²) in [4.78, 5) is 15.6. The number of methoxy groups -OCH3 is 2. The SMILES string of the molecule is COC1=C(NCC(=O)O)CC(C)(C)C/C1=N\c1ccc(OC)cc1. The van der Waals surface area contributed by atoms with Gasteiger partial charge in [0, 0.05) is 0 Å². The first-order valence-electron chi connectivity index (χ1n) is 7.79. The zero-order valence-electron chi connectivity index (χ0n) is 14.5. The summed E-state index contributed by atoms with van der Waals surface area (Å²) in [6.45, 7) is 4.12. The molecule has 130 valence electrons. The first-order valence-corrected chi connectivity index (χ1v) is 7.79. The lowest BCUT2D eigenvalue weighted by atomic mass is 9.77. The molecule has 0 fully saturated rings. The van der Waals surface area contributed by atoms with Crippen molar-refractivity contribution in [2.45, 2.75) is 26.7 Å². The molecule has 6 heteroatoms. The Balaban J connectivity index is 2.37. The number of ether oxygens (including phenoxy) is 2. The fourth-order valence-electron chi connectivity index (χ4n) is 2.80. The number of hydrogen-bond donors (Lipinski definition) is 2. The number of rotatable bonds is 6. The maximum Gasteiger partial charge on any atom is 0.322 e. The summed E-state index contributed by atoms with van der Waals surface area (Å²) >= 11 is 0. The van der Waals surface area contributed by atoms with Crippen LogP contribution in [-0.4, -0.2) is 37.6 Å². The number of benzene rings is 1. The highest BCUT2D eigenvalue weighted by Gasteiger charge is 2.32. The number of allylic oxidation sites excluding steroid dienone is 2. The van der Waals surface area contributed by atoms with Crippen molar-refractivity contribution >= 4 is 17.4 Å². The Morgan fingerprint density at radius 2 is 1.88 bits per heavy atom. The fraction of sp³-hybridized carbons (Fsp3) is 0.444.